The molecule has 3 rings (SSSR count). The van der Waals surface area contributed by atoms with E-state index in [0.29, 0.717) is 16.5 Å². The fraction of sp³-hybridized carbons (Fsp3) is 0.238. The Hall–Kier alpha value is -3.08. The van der Waals surface area contributed by atoms with Gasteiger partial charge < -0.3 is 14.6 Å². The van der Waals surface area contributed by atoms with E-state index in [0.717, 1.165) is 22.4 Å². The Bertz CT molecular complexity index is 1030. The molecular formula is C21H22N2O3. The van der Waals surface area contributed by atoms with Crippen LogP contribution in [0.3, 0.4) is 0 Å². The summed E-state index contributed by atoms with van der Waals surface area (Å²) in [5.74, 6) is 0.286. The van der Waals surface area contributed by atoms with Gasteiger partial charge in [-0.05, 0) is 50.1 Å². The predicted molar refractivity (Wildman–Crippen MR) is 104 cm³/mol. The Morgan fingerprint density at radius 2 is 1.77 bits per heavy atom. The Morgan fingerprint density at radius 3 is 2.46 bits per heavy atom. The van der Waals surface area contributed by atoms with E-state index in [2.05, 4.69) is 5.32 Å². The molecule has 0 radical (unpaired) electrons. The lowest BCUT2D eigenvalue weighted by Gasteiger charge is -2.14. The van der Waals surface area contributed by atoms with Crippen molar-refractivity contribution in [2.75, 3.05) is 11.9 Å². The Balaban J connectivity index is 1.78. The SMILES string of the molecule is Cc1cc(C)c(NC(=O)COc2cccc3c(=O)n(C)ccc23)c(C)c1. The minimum atomic E-state index is -0.235. The lowest BCUT2D eigenvalue weighted by Crippen LogP contribution is -2.21. The lowest BCUT2D eigenvalue weighted by atomic mass is 10.1. The number of aryl methyl sites for hydroxylation is 4. The van der Waals surface area contributed by atoms with Crippen molar-refractivity contribution in [2.45, 2.75) is 20.8 Å². The maximum Gasteiger partial charge on any atom is 0.262 e. The third kappa shape index (κ3) is 3.47. The molecule has 0 unspecified atom stereocenters. The molecule has 1 amide bonds. The fourth-order valence-corrected chi connectivity index (χ4v) is 3.17. The molecule has 1 aromatic heterocycles. The van der Waals surface area contributed by atoms with E-state index >= 15 is 0 Å². The van der Waals surface area contributed by atoms with Gasteiger partial charge in [0, 0.05) is 24.3 Å². The number of fused-ring (bicyclic) bond motifs is 1. The molecular weight excluding hydrogens is 328 g/mol. The van der Waals surface area contributed by atoms with Gasteiger partial charge in [0.2, 0.25) is 0 Å². The zero-order chi connectivity index (χ0) is 18.8. The number of hydrogen-bond acceptors (Lipinski definition) is 3. The molecule has 2 aromatic carbocycles. The third-order valence-electron chi connectivity index (χ3n) is 4.38. The average molecular weight is 350 g/mol. The van der Waals surface area contributed by atoms with Crippen LogP contribution in [0.15, 0.2) is 47.4 Å². The molecule has 0 aliphatic carbocycles. The van der Waals surface area contributed by atoms with Gasteiger partial charge in [0.1, 0.15) is 5.75 Å². The van der Waals surface area contributed by atoms with Crippen molar-refractivity contribution in [3.05, 3.63) is 69.6 Å². The first-order chi connectivity index (χ1) is 12.4. The number of carbonyl (C=O) groups is 1. The number of benzene rings is 2. The van der Waals surface area contributed by atoms with Crippen LogP contribution in [0, 0.1) is 20.8 Å². The van der Waals surface area contributed by atoms with Crippen LogP contribution in [0.1, 0.15) is 16.7 Å². The largest absolute Gasteiger partial charge is 0.483 e. The van der Waals surface area contributed by atoms with Crippen molar-refractivity contribution in [3.63, 3.8) is 0 Å². The van der Waals surface area contributed by atoms with Gasteiger partial charge in [-0.2, -0.15) is 0 Å². The van der Waals surface area contributed by atoms with E-state index in [4.69, 9.17) is 4.74 Å². The van der Waals surface area contributed by atoms with Gasteiger partial charge in [-0.25, -0.2) is 0 Å². The molecule has 26 heavy (non-hydrogen) atoms. The number of nitrogens with zero attached hydrogens (tertiary/aromatic N) is 1. The number of pyridine rings is 1. The molecule has 5 nitrogen and oxygen atoms in total. The maximum absolute atomic E-state index is 12.3. The fourth-order valence-electron chi connectivity index (χ4n) is 3.17. The van der Waals surface area contributed by atoms with Crippen LogP contribution in [0.4, 0.5) is 5.69 Å². The highest BCUT2D eigenvalue weighted by molar-refractivity contribution is 5.94. The molecule has 0 aliphatic heterocycles. The van der Waals surface area contributed by atoms with Gasteiger partial charge in [0.25, 0.3) is 11.5 Å². The van der Waals surface area contributed by atoms with Crippen molar-refractivity contribution >= 4 is 22.4 Å². The Labute approximate surface area is 152 Å². The first-order valence-electron chi connectivity index (χ1n) is 8.45. The number of nitrogens with one attached hydrogen (secondary N) is 1. The van der Waals surface area contributed by atoms with E-state index in [1.54, 1.807) is 31.4 Å². The number of ether oxygens (including phenoxy) is 1. The molecule has 0 saturated carbocycles. The van der Waals surface area contributed by atoms with Crippen molar-refractivity contribution in [3.8, 4) is 5.75 Å². The Kier molecular flexibility index (Phi) is 4.80. The van der Waals surface area contributed by atoms with Gasteiger partial charge in [-0.15, -0.1) is 0 Å². The van der Waals surface area contributed by atoms with Gasteiger partial charge >= 0.3 is 0 Å². The third-order valence-corrected chi connectivity index (χ3v) is 4.38. The van der Waals surface area contributed by atoms with Gasteiger partial charge in [-0.1, -0.05) is 23.8 Å². The summed E-state index contributed by atoms with van der Waals surface area (Å²) in [6, 6.07) is 11.2. The van der Waals surface area contributed by atoms with Crippen molar-refractivity contribution in [1.29, 1.82) is 0 Å². The van der Waals surface area contributed by atoms with E-state index < -0.39 is 0 Å². The average Bonchev–Trinajstić information content (AvgIpc) is 2.59. The van der Waals surface area contributed by atoms with Crippen molar-refractivity contribution < 1.29 is 9.53 Å². The summed E-state index contributed by atoms with van der Waals surface area (Å²) in [6.07, 6.45) is 1.69. The van der Waals surface area contributed by atoms with Crippen LogP contribution < -0.4 is 15.6 Å². The number of hydrogen-bond donors (Lipinski definition) is 1. The lowest BCUT2D eigenvalue weighted by molar-refractivity contribution is -0.118. The van der Waals surface area contributed by atoms with E-state index in [1.807, 2.05) is 39.0 Å². The number of aromatic nitrogens is 1. The first-order valence-corrected chi connectivity index (χ1v) is 8.45. The quantitative estimate of drug-likeness (QED) is 0.784. The molecule has 0 spiro atoms. The summed E-state index contributed by atoms with van der Waals surface area (Å²) >= 11 is 0. The highest BCUT2D eigenvalue weighted by Gasteiger charge is 2.11. The van der Waals surface area contributed by atoms with Gasteiger partial charge in [0.15, 0.2) is 6.61 Å². The summed E-state index contributed by atoms with van der Waals surface area (Å²) in [5.41, 5.74) is 3.92. The second-order valence-corrected chi connectivity index (χ2v) is 6.56. The highest BCUT2D eigenvalue weighted by atomic mass is 16.5. The second kappa shape index (κ2) is 7.04. The summed E-state index contributed by atoms with van der Waals surface area (Å²) in [6.45, 7) is 5.84. The maximum atomic E-state index is 12.3. The zero-order valence-corrected chi connectivity index (χ0v) is 15.4. The molecule has 134 valence electrons. The van der Waals surface area contributed by atoms with Crippen LogP contribution in [0.2, 0.25) is 0 Å². The van der Waals surface area contributed by atoms with E-state index in [-0.39, 0.29) is 18.1 Å². The zero-order valence-electron chi connectivity index (χ0n) is 15.4. The monoisotopic (exact) mass is 350 g/mol. The summed E-state index contributed by atoms with van der Waals surface area (Å²) in [5, 5.41) is 4.18. The minimum Gasteiger partial charge on any atom is -0.483 e. The molecule has 0 saturated heterocycles. The summed E-state index contributed by atoms with van der Waals surface area (Å²) in [4.78, 5) is 24.5. The molecule has 3 aromatic rings. The molecule has 0 aliphatic rings. The molecule has 0 bridgehead atoms. The number of rotatable bonds is 4. The first kappa shape index (κ1) is 17.7. The topological polar surface area (TPSA) is 60.3 Å². The molecule has 1 N–H and O–H groups in total. The standard InChI is InChI=1S/C21H22N2O3/c1-13-10-14(2)20(15(3)11-13)22-19(24)12-26-18-7-5-6-17-16(18)8-9-23(4)21(17)25/h5-11H,12H2,1-4H3,(H,22,24). The van der Waals surface area contributed by atoms with E-state index in [9.17, 15) is 9.59 Å². The normalized spacial score (nSPS) is 10.8. The molecule has 1 heterocycles. The van der Waals surface area contributed by atoms with Gasteiger partial charge in [-0.3, -0.25) is 9.59 Å². The minimum absolute atomic E-state index is 0.0942. The van der Waals surface area contributed by atoms with Crippen LogP contribution in [0.25, 0.3) is 10.8 Å². The highest BCUT2D eigenvalue weighted by Crippen LogP contribution is 2.24. The number of carbonyl (C=O) groups excluding carboxylic acids is 1. The van der Waals surface area contributed by atoms with Crippen LogP contribution in [0.5, 0.6) is 5.75 Å². The Morgan fingerprint density at radius 1 is 1.08 bits per heavy atom. The van der Waals surface area contributed by atoms with E-state index in [1.165, 1.54) is 4.57 Å². The molecule has 5 heteroatoms. The predicted octanol–water partition coefficient (Wildman–Crippen LogP) is 3.48. The number of anilines is 1. The number of amides is 1. The van der Waals surface area contributed by atoms with Crippen molar-refractivity contribution in [2.24, 2.45) is 7.05 Å². The second-order valence-electron chi connectivity index (χ2n) is 6.56. The smallest absolute Gasteiger partial charge is 0.262 e. The summed E-state index contributed by atoms with van der Waals surface area (Å²) < 4.78 is 7.21. The van der Waals surface area contributed by atoms with Crippen LogP contribution in [-0.2, 0) is 11.8 Å². The van der Waals surface area contributed by atoms with Crippen LogP contribution >= 0.6 is 0 Å². The van der Waals surface area contributed by atoms with Gasteiger partial charge in [0.05, 0.1) is 5.39 Å². The van der Waals surface area contributed by atoms with Crippen LogP contribution in [-0.4, -0.2) is 17.1 Å². The molecule has 0 atom stereocenters. The van der Waals surface area contributed by atoms with Crippen molar-refractivity contribution in [1.82, 2.24) is 4.57 Å². The molecule has 0 fully saturated rings. The summed E-state index contributed by atoms with van der Waals surface area (Å²) in [7, 11) is 1.70.